The molecule has 1 aliphatic heterocycles. The Hall–Kier alpha value is -2.77. The molecule has 0 bridgehead atoms. The van der Waals surface area contributed by atoms with E-state index in [1.807, 2.05) is 104 Å². The third-order valence-electron chi connectivity index (χ3n) is 12.7. The molecule has 1 heterocycles. The van der Waals surface area contributed by atoms with Crippen LogP contribution in [0.4, 0.5) is 0 Å². The maximum atomic E-state index is 15.5. The van der Waals surface area contributed by atoms with Gasteiger partial charge in [0.15, 0.2) is 0 Å². The van der Waals surface area contributed by atoms with E-state index >= 15 is 4.79 Å². The molecule has 17 heteroatoms. The summed E-state index contributed by atoms with van der Waals surface area (Å²) in [6.45, 7) is 38.4. The fourth-order valence-corrected chi connectivity index (χ4v) is 26.6. The predicted molar refractivity (Wildman–Crippen MR) is 303 cm³/mol. The predicted octanol–water partition coefficient (Wildman–Crippen LogP) is 9.88. The molecule has 1 saturated heterocycles. The van der Waals surface area contributed by atoms with Gasteiger partial charge in [-0.25, -0.2) is 0 Å². The van der Waals surface area contributed by atoms with E-state index in [1.54, 1.807) is 7.11 Å². The summed E-state index contributed by atoms with van der Waals surface area (Å²) in [5.41, 5.74) is -2.07. The van der Waals surface area contributed by atoms with Crippen molar-refractivity contribution in [2.45, 2.75) is 210 Å². The maximum absolute atomic E-state index is 15.5. The Morgan fingerprint density at radius 3 is 1.26 bits per heavy atom. The van der Waals surface area contributed by atoms with Gasteiger partial charge in [-0.3, -0.25) is 4.79 Å². The van der Waals surface area contributed by atoms with Gasteiger partial charge >= 0.3 is 379 Å². The number of unbranched alkanes of at least 4 members (excludes halogenated alkanes) is 3. The summed E-state index contributed by atoms with van der Waals surface area (Å²) in [5.74, 6) is -1.46. The Bertz CT molecular complexity index is 1860. The van der Waals surface area contributed by atoms with Crippen LogP contribution in [0, 0.1) is 0 Å². The van der Waals surface area contributed by atoms with Crippen molar-refractivity contribution in [3.05, 3.63) is 23.3 Å². The van der Waals surface area contributed by atoms with Crippen LogP contribution in [-0.2, 0) is 42.9 Å². The van der Waals surface area contributed by atoms with Gasteiger partial charge in [-0.05, 0) is 62.3 Å². The molecular weight excluding hydrogens is 1060 g/mol. The number of benzene rings is 1. The van der Waals surface area contributed by atoms with E-state index in [0.29, 0.717) is 62.8 Å². The van der Waals surface area contributed by atoms with Gasteiger partial charge in [0, 0.05) is 0 Å². The molecule has 426 valence electrons. The first-order valence-corrected chi connectivity index (χ1v) is 39.0. The standard InChI is InChI=1S/C45H77N4O11Si.3C4H9.Sn/c1-42(2,3)57-36(50)30-46-19-21-47(31-37(51)58-43(4,5)6)23-25-49(26-24-48(22-20-46)32-38(52)59-44(7,8)9)39(41(54)60-45(10,11)12)34-29-33(17-18-35(34)55-13)40(53)56-27-28-61(14,15)16;3*1-3-4-2;/h17,29,39H,19-28,30-32H2,1-16H3;3*1,3-4H2,2H3;. The van der Waals surface area contributed by atoms with Crippen LogP contribution in [0.5, 0.6) is 5.75 Å². The molecule has 2 rings (SSSR count). The number of carbonyl (C=O) groups excluding carboxylic acids is 5. The van der Waals surface area contributed by atoms with Gasteiger partial charge in [-0.15, -0.1) is 0 Å². The summed E-state index contributed by atoms with van der Waals surface area (Å²) in [6, 6.07) is 3.62. The summed E-state index contributed by atoms with van der Waals surface area (Å²) >= 11 is -3.55. The summed E-state index contributed by atoms with van der Waals surface area (Å²) in [4.78, 5) is 78.9. The van der Waals surface area contributed by atoms with Crippen molar-refractivity contribution in [2.75, 3.05) is 85.7 Å². The van der Waals surface area contributed by atoms with Gasteiger partial charge in [0.05, 0.1) is 0 Å². The molecule has 1 aromatic rings. The van der Waals surface area contributed by atoms with E-state index in [1.165, 1.54) is 0 Å². The van der Waals surface area contributed by atoms with E-state index < -0.39 is 78.8 Å². The first-order valence-electron chi connectivity index (χ1n) is 27.8. The Morgan fingerprint density at radius 1 is 0.568 bits per heavy atom. The number of esters is 5. The average molecular weight is 1170 g/mol. The van der Waals surface area contributed by atoms with Crippen LogP contribution in [0.2, 0.25) is 39.0 Å². The zero-order chi connectivity index (χ0) is 56.3. The third-order valence-corrected chi connectivity index (χ3v) is 30.0. The van der Waals surface area contributed by atoms with Crippen LogP contribution >= 0.6 is 0 Å². The van der Waals surface area contributed by atoms with Crippen LogP contribution in [0.25, 0.3) is 0 Å². The van der Waals surface area contributed by atoms with Gasteiger partial charge in [-0.2, -0.15) is 0 Å². The van der Waals surface area contributed by atoms with Crippen molar-refractivity contribution < 1.29 is 52.4 Å². The van der Waals surface area contributed by atoms with Gasteiger partial charge in [0.1, 0.15) is 5.60 Å². The average Bonchev–Trinajstić information content (AvgIpc) is 3.23. The molecule has 1 aliphatic rings. The summed E-state index contributed by atoms with van der Waals surface area (Å²) in [7, 11) is 0.124. The van der Waals surface area contributed by atoms with Gasteiger partial charge in [0.2, 0.25) is 0 Å². The molecule has 0 saturated carbocycles. The Balaban J connectivity index is 3.15. The Labute approximate surface area is 454 Å². The minimum atomic E-state index is -3.55. The Kier molecular flexibility index (Phi) is 27.7. The van der Waals surface area contributed by atoms with Crippen LogP contribution in [0.15, 0.2) is 12.1 Å². The molecule has 0 radical (unpaired) electrons. The number of carbonyl (C=O) groups is 5. The van der Waals surface area contributed by atoms with Crippen molar-refractivity contribution in [3.63, 3.8) is 0 Å². The molecule has 1 aromatic carbocycles. The van der Waals surface area contributed by atoms with Crippen molar-refractivity contribution >= 4 is 59.9 Å². The summed E-state index contributed by atoms with van der Waals surface area (Å²) in [6.07, 6.45) is 6.30. The second-order valence-electron chi connectivity index (χ2n) is 25.7. The number of ether oxygens (including phenoxy) is 6. The van der Waals surface area contributed by atoms with Crippen LogP contribution in [0.1, 0.15) is 164 Å². The van der Waals surface area contributed by atoms with Crippen molar-refractivity contribution in [3.8, 4) is 5.75 Å². The first-order chi connectivity index (χ1) is 34.1. The van der Waals surface area contributed by atoms with E-state index in [4.69, 9.17) is 28.4 Å². The van der Waals surface area contributed by atoms with Gasteiger partial charge in [-0.1, -0.05) is 0 Å². The quantitative estimate of drug-likeness (QED) is 0.0548. The minimum absolute atomic E-state index is 0.00494. The second kappa shape index (κ2) is 30.4. The number of nitrogens with zero attached hydrogens (tertiary/aromatic N) is 4. The van der Waals surface area contributed by atoms with Crippen LogP contribution in [-0.4, -0.2) is 184 Å². The van der Waals surface area contributed by atoms with Crippen molar-refractivity contribution in [1.82, 2.24) is 19.6 Å². The summed E-state index contributed by atoms with van der Waals surface area (Å²) in [5, 5.41) is 0. The van der Waals surface area contributed by atoms with Crippen LogP contribution in [0.3, 0.4) is 0 Å². The molecule has 1 atom stereocenters. The second-order valence-corrected chi connectivity index (χ2v) is 44.5. The van der Waals surface area contributed by atoms with Gasteiger partial charge < -0.3 is 4.74 Å². The molecule has 0 amide bonds. The normalized spacial score (nSPS) is 16.4. The van der Waals surface area contributed by atoms with E-state index in [9.17, 15) is 19.2 Å². The fraction of sp³-hybridized carbons (Fsp3) is 0.807. The summed E-state index contributed by atoms with van der Waals surface area (Å²) < 4.78 is 41.1. The van der Waals surface area contributed by atoms with E-state index in [0.717, 1.165) is 61.5 Å². The zero-order valence-corrected chi connectivity index (χ0v) is 53.9. The third kappa shape index (κ3) is 26.0. The molecule has 0 aliphatic carbocycles. The van der Waals surface area contributed by atoms with Crippen molar-refractivity contribution in [1.29, 1.82) is 0 Å². The number of hydrogen-bond donors (Lipinski definition) is 0. The number of methoxy groups -OCH3 is 1. The molecule has 0 aromatic heterocycles. The fourth-order valence-electron chi connectivity index (χ4n) is 9.24. The molecular formula is C57H104N4O11SiSn. The van der Waals surface area contributed by atoms with E-state index in [2.05, 4.69) is 51.4 Å². The van der Waals surface area contributed by atoms with E-state index in [-0.39, 0.29) is 38.7 Å². The molecule has 0 N–H and O–H groups in total. The molecule has 1 unspecified atom stereocenters. The van der Waals surface area contributed by atoms with Crippen molar-refractivity contribution in [2.24, 2.45) is 0 Å². The monoisotopic (exact) mass is 1170 g/mol. The number of hydrogen-bond acceptors (Lipinski definition) is 15. The molecule has 74 heavy (non-hydrogen) atoms. The first kappa shape index (κ1) is 67.3. The zero-order valence-electron chi connectivity index (χ0n) is 50.1. The van der Waals surface area contributed by atoms with Gasteiger partial charge in [0.25, 0.3) is 0 Å². The molecule has 0 spiro atoms. The topological polar surface area (TPSA) is 154 Å². The molecule has 1 fully saturated rings. The molecule has 15 nitrogen and oxygen atoms in total. The van der Waals surface area contributed by atoms with Crippen LogP contribution < -0.4 is 8.32 Å². The number of rotatable bonds is 24. The Morgan fingerprint density at radius 2 is 0.932 bits per heavy atom. The SMILES string of the molecule is CCC[CH2][Sn]([CH2]CCC)([CH2]CCC)[c]1cc(C(=O)OCC[Si](C)(C)C)cc(C(C(=O)OC(C)(C)C)N2CCN(CC(=O)OC(C)(C)C)CCN(CC(=O)OC(C)(C)C)CCN(CC(=O)OC(C)(C)C)CC2)c1OC.